The molecule has 6 nitrogen and oxygen atoms in total. The fourth-order valence-corrected chi connectivity index (χ4v) is 3.47. The van der Waals surface area contributed by atoms with E-state index in [-0.39, 0.29) is 12.2 Å². The van der Waals surface area contributed by atoms with Gasteiger partial charge in [0.1, 0.15) is 12.3 Å². The number of alkyl halides is 6. The number of benzene rings is 1. The number of halogens is 6. The fourth-order valence-electron chi connectivity index (χ4n) is 3.47. The maximum atomic E-state index is 12.9. The summed E-state index contributed by atoms with van der Waals surface area (Å²) < 4.78 is 79.9. The molecule has 1 aliphatic heterocycles. The van der Waals surface area contributed by atoms with Crippen LogP contribution in [0.4, 0.5) is 32.0 Å². The van der Waals surface area contributed by atoms with Gasteiger partial charge in [-0.1, -0.05) is 12.1 Å². The molecule has 2 aromatic heterocycles. The molecule has 0 fully saturated rings. The standard InChI is InChI=1S/C20H14F6N4O2/c1-11-5-15(12-3-2-4-14(6-12)32-20(24,25)26)28-16-9-30(18(31)17(11)16)13-7-27-29(8-13)10-19(21,22)23/h2-8H,9-10H2,1H3. The zero-order valence-corrected chi connectivity index (χ0v) is 16.3. The first kappa shape index (κ1) is 21.7. The summed E-state index contributed by atoms with van der Waals surface area (Å²) in [6.45, 7) is 0.341. The molecule has 32 heavy (non-hydrogen) atoms. The molecule has 0 saturated heterocycles. The second-order valence-electron chi connectivity index (χ2n) is 7.12. The van der Waals surface area contributed by atoms with Gasteiger partial charge in [0.05, 0.1) is 35.4 Å². The zero-order chi connectivity index (χ0) is 23.3. The first-order chi connectivity index (χ1) is 14.9. The minimum Gasteiger partial charge on any atom is -0.406 e. The molecule has 4 rings (SSSR count). The van der Waals surface area contributed by atoms with Gasteiger partial charge < -0.3 is 4.74 Å². The predicted octanol–water partition coefficient (Wildman–Crippen LogP) is 4.87. The van der Waals surface area contributed by atoms with E-state index in [1.807, 2.05) is 0 Å². The quantitative estimate of drug-likeness (QED) is 0.526. The molecule has 168 valence electrons. The second kappa shape index (κ2) is 7.53. The molecule has 0 atom stereocenters. The second-order valence-corrected chi connectivity index (χ2v) is 7.12. The number of pyridine rings is 1. The van der Waals surface area contributed by atoms with Gasteiger partial charge in [-0.25, -0.2) is 0 Å². The van der Waals surface area contributed by atoms with E-state index in [0.29, 0.717) is 32.8 Å². The van der Waals surface area contributed by atoms with E-state index in [2.05, 4.69) is 14.8 Å². The van der Waals surface area contributed by atoms with Crippen LogP contribution < -0.4 is 9.64 Å². The highest BCUT2D eigenvalue weighted by molar-refractivity contribution is 6.10. The number of rotatable bonds is 4. The molecule has 12 heteroatoms. The molecule has 0 spiro atoms. The van der Waals surface area contributed by atoms with Crippen LogP contribution in [-0.4, -0.2) is 33.2 Å². The van der Waals surface area contributed by atoms with Crippen LogP contribution in [0.2, 0.25) is 0 Å². The van der Waals surface area contributed by atoms with Crippen LogP contribution in [0.25, 0.3) is 11.3 Å². The summed E-state index contributed by atoms with van der Waals surface area (Å²) in [5, 5.41) is 3.65. The Kier molecular flexibility index (Phi) is 5.10. The van der Waals surface area contributed by atoms with E-state index >= 15 is 0 Å². The summed E-state index contributed by atoms with van der Waals surface area (Å²) in [4.78, 5) is 18.5. The lowest BCUT2D eigenvalue weighted by Gasteiger charge is -2.12. The molecule has 1 aromatic carbocycles. The van der Waals surface area contributed by atoms with E-state index in [4.69, 9.17) is 0 Å². The van der Waals surface area contributed by atoms with E-state index < -0.39 is 30.7 Å². The Hall–Kier alpha value is -3.57. The number of aryl methyl sites for hydroxylation is 1. The van der Waals surface area contributed by atoms with E-state index in [9.17, 15) is 31.1 Å². The first-order valence-corrected chi connectivity index (χ1v) is 9.17. The Morgan fingerprint density at radius 2 is 1.88 bits per heavy atom. The van der Waals surface area contributed by atoms with Crippen LogP contribution in [-0.2, 0) is 13.1 Å². The van der Waals surface area contributed by atoms with Gasteiger partial charge in [0.15, 0.2) is 0 Å². The summed E-state index contributed by atoms with van der Waals surface area (Å²) in [6, 6.07) is 6.82. The van der Waals surface area contributed by atoms with Crippen molar-refractivity contribution in [2.24, 2.45) is 0 Å². The van der Waals surface area contributed by atoms with Gasteiger partial charge in [-0.2, -0.15) is 18.3 Å². The number of hydrogen-bond acceptors (Lipinski definition) is 4. The summed E-state index contributed by atoms with van der Waals surface area (Å²) in [7, 11) is 0. The fraction of sp³-hybridized carbons (Fsp3) is 0.250. The third-order valence-corrected chi connectivity index (χ3v) is 4.69. The first-order valence-electron chi connectivity index (χ1n) is 9.17. The molecule has 0 aliphatic carbocycles. The van der Waals surface area contributed by atoms with Gasteiger partial charge >= 0.3 is 12.5 Å². The van der Waals surface area contributed by atoms with Crippen LogP contribution in [0.3, 0.4) is 0 Å². The van der Waals surface area contributed by atoms with Gasteiger partial charge in [0.25, 0.3) is 5.91 Å². The number of nitrogens with zero attached hydrogens (tertiary/aromatic N) is 4. The minimum absolute atomic E-state index is 0.0146. The monoisotopic (exact) mass is 456 g/mol. The van der Waals surface area contributed by atoms with Crippen molar-refractivity contribution in [1.29, 1.82) is 0 Å². The third kappa shape index (κ3) is 4.53. The molecule has 0 N–H and O–H groups in total. The molecular weight excluding hydrogens is 442 g/mol. The van der Waals surface area contributed by atoms with Crippen LogP contribution in [0.5, 0.6) is 5.75 Å². The van der Waals surface area contributed by atoms with Crippen molar-refractivity contribution in [2.45, 2.75) is 32.6 Å². The highest BCUT2D eigenvalue weighted by Crippen LogP contribution is 2.33. The van der Waals surface area contributed by atoms with E-state index in [1.165, 1.54) is 17.0 Å². The Morgan fingerprint density at radius 1 is 1.12 bits per heavy atom. The van der Waals surface area contributed by atoms with Gasteiger partial charge in [0, 0.05) is 11.8 Å². The van der Waals surface area contributed by atoms with Gasteiger partial charge in [-0.05, 0) is 30.7 Å². The Balaban J connectivity index is 1.63. The largest absolute Gasteiger partial charge is 0.573 e. The molecule has 3 aromatic rings. The average Bonchev–Trinajstić information content (AvgIpc) is 3.23. The van der Waals surface area contributed by atoms with E-state index in [0.717, 1.165) is 18.5 Å². The predicted molar refractivity (Wildman–Crippen MR) is 99.9 cm³/mol. The topological polar surface area (TPSA) is 60.2 Å². The molecule has 1 aliphatic rings. The van der Waals surface area contributed by atoms with E-state index in [1.54, 1.807) is 19.1 Å². The highest BCUT2D eigenvalue weighted by Gasteiger charge is 2.34. The number of hydrogen-bond donors (Lipinski definition) is 0. The number of amides is 1. The summed E-state index contributed by atoms with van der Waals surface area (Å²) in [5.41, 5.74) is 2.04. The lowest BCUT2D eigenvalue weighted by Crippen LogP contribution is -2.23. The third-order valence-electron chi connectivity index (χ3n) is 4.69. The maximum Gasteiger partial charge on any atom is 0.573 e. The Labute approximate surface area is 177 Å². The number of carbonyl (C=O) groups is 1. The summed E-state index contributed by atoms with van der Waals surface area (Å²) in [5.74, 6) is -0.859. The average molecular weight is 456 g/mol. The van der Waals surface area contributed by atoms with Crippen molar-refractivity contribution in [2.75, 3.05) is 4.90 Å². The van der Waals surface area contributed by atoms with Crippen molar-refractivity contribution in [3.05, 3.63) is 59.5 Å². The molecule has 0 saturated carbocycles. The number of fused-ring (bicyclic) bond motifs is 1. The lowest BCUT2D eigenvalue weighted by atomic mass is 10.0. The smallest absolute Gasteiger partial charge is 0.406 e. The number of anilines is 1. The molecule has 1 amide bonds. The number of carbonyl (C=O) groups excluding carboxylic acids is 1. The minimum atomic E-state index is -4.84. The normalized spacial score (nSPS) is 14.1. The summed E-state index contributed by atoms with van der Waals surface area (Å²) in [6.07, 6.45) is -7.03. The van der Waals surface area contributed by atoms with Gasteiger partial charge in [-0.15, -0.1) is 13.2 Å². The molecule has 0 unspecified atom stereocenters. The van der Waals surface area contributed by atoms with Crippen molar-refractivity contribution in [3.63, 3.8) is 0 Å². The van der Waals surface area contributed by atoms with Crippen molar-refractivity contribution >= 4 is 11.6 Å². The van der Waals surface area contributed by atoms with Gasteiger partial charge in [0.2, 0.25) is 0 Å². The van der Waals surface area contributed by atoms with Crippen molar-refractivity contribution in [1.82, 2.24) is 14.8 Å². The summed E-state index contributed by atoms with van der Waals surface area (Å²) >= 11 is 0. The van der Waals surface area contributed by atoms with Crippen LogP contribution in [0.15, 0.2) is 42.7 Å². The molecule has 0 radical (unpaired) electrons. The van der Waals surface area contributed by atoms with Crippen LogP contribution >= 0.6 is 0 Å². The number of aromatic nitrogens is 3. The Morgan fingerprint density at radius 3 is 2.56 bits per heavy atom. The molecular formula is C20H14F6N4O2. The van der Waals surface area contributed by atoms with Crippen LogP contribution in [0.1, 0.15) is 21.6 Å². The zero-order valence-electron chi connectivity index (χ0n) is 16.3. The van der Waals surface area contributed by atoms with Crippen LogP contribution in [0, 0.1) is 6.92 Å². The van der Waals surface area contributed by atoms with Crippen molar-refractivity contribution in [3.8, 4) is 17.0 Å². The molecule has 3 heterocycles. The number of ether oxygens (including phenoxy) is 1. The Bertz CT molecular complexity index is 1190. The molecule has 0 bridgehead atoms. The SMILES string of the molecule is Cc1cc(-c2cccc(OC(F)(F)F)c2)nc2c1C(=O)N(c1cnn(CC(F)(F)F)c1)C2. The van der Waals surface area contributed by atoms with Crippen molar-refractivity contribution < 1.29 is 35.9 Å². The van der Waals surface area contributed by atoms with Gasteiger partial charge in [-0.3, -0.25) is 19.4 Å². The highest BCUT2D eigenvalue weighted by atomic mass is 19.4. The lowest BCUT2D eigenvalue weighted by molar-refractivity contribution is -0.274. The maximum absolute atomic E-state index is 12.9.